The number of benzene rings is 2. The number of aromatic nitrogens is 1. The number of nitrogens with one attached hydrogen (secondary N) is 1. The fourth-order valence-corrected chi connectivity index (χ4v) is 3.12. The molecule has 26 heavy (non-hydrogen) atoms. The summed E-state index contributed by atoms with van der Waals surface area (Å²) in [6.07, 6.45) is -2.67. The number of amides is 2. The zero-order valence-electron chi connectivity index (χ0n) is 13.6. The predicted molar refractivity (Wildman–Crippen MR) is 94.4 cm³/mol. The van der Waals surface area contributed by atoms with Crippen molar-refractivity contribution in [3.8, 4) is 5.69 Å². The average molecular weight is 377 g/mol. The molecule has 3 aromatic rings. The van der Waals surface area contributed by atoms with Gasteiger partial charge in [-0.2, -0.15) is 18.2 Å². The van der Waals surface area contributed by atoms with Crippen LogP contribution in [0.25, 0.3) is 5.69 Å². The van der Waals surface area contributed by atoms with Crippen molar-refractivity contribution in [2.24, 2.45) is 4.99 Å². The van der Waals surface area contributed by atoms with Crippen LogP contribution in [0.3, 0.4) is 0 Å². The summed E-state index contributed by atoms with van der Waals surface area (Å²) in [4.78, 5) is 17.4. The molecule has 0 saturated carbocycles. The molecule has 0 bridgehead atoms. The normalized spacial score (nSPS) is 12.2. The van der Waals surface area contributed by atoms with E-state index in [1.165, 1.54) is 23.5 Å². The fourth-order valence-electron chi connectivity index (χ4n) is 2.29. The molecule has 0 aliphatic carbocycles. The van der Waals surface area contributed by atoms with E-state index in [4.69, 9.17) is 0 Å². The number of nitrogens with zero attached hydrogens (tertiary/aromatic N) is 2. The molecule has 134 valence electrons. The zero-order chi connectivity index (χ0) is 18.7. The molecule has 0 atom stereocenters. The Hall–Kier alpha value is -2.87. The van der Waals surface area contributed by atoms with Gasteiger partial charge < -0.3 is 5.32 Å². The van der Waals surface area contributed by atoms with Gasteiger partial charge in [0.05, 0.1) is 5.56 Å². The highest BCUT2D eigenvalue weighted by molar-refractivity contribution is 7.09. The molecule has 2 aromatic carbocycles. The lowest BCUT2D eigenvalue weighted by molar-refractivity contribution is -0.137. The quantitative estimate of drug-likeness (QED) is 0.671. The highest BCUT2D eigenvalue weighted by Gasteiger charge is 2.30. The Kier molecular flexibility index (Phi) is 4.94. The van der Waals surface area contributed by atoms with Crippen LogP contribution in [-0.4, -0.2) is 10.6 Å². The van der Waals surface area contributed by atoms with Gasteiger partial charge in [0, 0.05) is 22.4 Å². The van der Waals surface area contributed by atoms with E-state index < -0.39 is 17.8 Å². The van der Waals surface area contributed by atoms with Crippen LogP contribution in [0.2, 0.25) is 0 Å². The SMILES string of the molecule is Cc1cn(-c2ccc(C(F)(F)F)cc2)/c(=N/C(=O)Nc2ccccc2)s1. The average Bonchev–Trinajstić information content (AvgIpc) is 2.95. The first-order valence-corrected chi connectivity index (χ1v) is 8.42. The second-order valence-corrected chi connectivity index (χ2v) is 6.66. The second kappa shape index (κ2) is 7.17. The van der Waals surface area contributed by atoms with Gasteiger partial charge in [-0.05, 0) is 43.3 Å². The molecule has 0 radical (unpaired) electrons. The molecule has 1 N–H and O–H groups in total. The number of carbonyl (C=O) groups excluding carboxylic acids is 1. The van der Waals surface area contributed by atoms with Gasteiger partial charge in [0.15, 0.2) is 4.80 Å². The van der Waals surface area contributed by atoms with E-state index in [1.54, 1.807) is 35.0 Å². The number of anilines is 1. The van der Waals surface area contributed by atoms with Crippen molar-refractivity contribution >= 4 is 23.1 Å². The summed E-state index contributed by atoms with van der Waals surface area (Å²) in [6, 6.07) is 13.0. The highest BCUT2D eigenvalue weighted by atomic mass is 32.1. The van der Waals surface area contributed by atoms with Crippen molar-refractivity contribution in [2.45, 2.75) is 13.1 Å². The number of carbonyl (C=O) groups is 1. The van der Waals surface area contributed by atoms with Gasteiger partial charge in [0.1, 0.15) is 0 Å². The summed E-state index contributed by atoms with van der Waals surface area (Å²) in [7, 11) is 0. The van der Waals surface area contributed by atoms with Crippen molar-refractivity contribution in [3.63, 3.8) is 0 Å². The van der Waals surface area contributed by atoms with E-state index in [9.17, 15) is 18.0 Å². The smallest absolute Gasteiger partial charge is 0.306 e. The molecule has 0 fully saturated rings. The van der Waals surface area contributed by atoms with Crippen LogP contribution < -0.4 is 10.1 Å². The molecule has 1 heterocycles. The Morgan fingerprint density at radius 2 is 1.73 bits per heavy atom. The number of para-hydroxylation sites is 1. The number of halogens is 3. The number of urea groups is 1. The molecule has 0 spiro atoms. The minimum Gasteiger partial charge on any atom is -0.306 e. The van der Waals surface area contributed by atoms with Gasteiger partial charge in [0.25, 0.3) is 0 Å². The third-order valence-electron chi connectivity index (χ3n) is 3.46. The van der Waals surface area contributed by atoms with Crippen LogP contribution in [0.5, 0.6) is 0 Å². The van der Waals surface area contributed by atoms with Crippen molar-refractivity contribution in [3.05, 3.63) is 76.0 Å². The first kappa shape index (κ1) is 17.9. The fraction of sp³-hybridized carbons (Fsp3) is 0.111. The van der Waals surface area contributed by atoms with Crippen LogP contribution in [0.1, 0.15) is 10.4 Å². The van der Waals surface area contributed by atoms with E-state index in [-0.39, 0.29) is 0 Å². The largest absolute Gasteiger partial charge is 0.416 e. The van der Waals surface area contributed by atoms with Crippen LogP contribution in [0.15, 0.2) is 65.8 Å². The Bertz CT molecular complexity index is 973. The van der Waals surface area contributed by atoms with Crippen LogP contribution in [0, 0.1) is 6.92 Å². The number of alkyl halides is 3. The third-order valence-corrected chi connectivity index (χ3v) is 4.36. The van der Waals surface area contributed by atoms with E-state index in [0.717, 1.165) is 17.0 Å². The molecule has 2 amide bonds. The van der Waals surface area contributed by atoms with Crippen molar-refractivity contribution in [1.29, 1.82) is 0 Å². The number of rotatable bonds is 2. The lowest BCUT2D eigenvalue weighted by Gasteiger charge is -2.08. The number of hydrogen-bond donors (Lipinski definition) is 1. The molecule has 0 aliphatic rings. The first-order chi connectivity index (χ1) is 12.3. The van der Waals surface area contributed by atoms with Crippen molar-refractivity contribution in [1.82, 2.24) is 4.57 Å². The summed E-state index contributed by atoms with van der Waals surface area (Å²) >= 11 is 1.27. The van der Waals surface area contributed by atoms with E-state index in [0.29, 0.717) is 16.2 Å². The van der Waals surface area contributed by atoms with Crippen LogP contribution >= 0.6 is 11.3 Å². The Morgan fingerprint density at radius 3 is 2.35 bits per heavy atom. The summed E-state index contributed by atoms with van der Waals surface area (Å²) in [5, 5.41) is 2.65. The Morgan fingerprint density at radius 1 is 1.08 bits per heavy atom. The van der Waals surface area contributed by atoms with Gasteiger partial charge in [-0.1, -0.05) is 18.2 Å². The van der Waals surface area contributed by atoms with Crippen LogP contribution in [-0.2, 0) is 6.18 Å². The maximum atomic E-state index is 12.7. The molecule has 4 nitrogen and oxygen atoms in total. The number of aryl methyl sites for hydroxylation is 1. The number of thiazole rings is 1. The molecule has 1 aromatic heterocycles. The lowest BCUT2D eigenvalue weighted by Crippen LogP contribution is -2.17. The monoisotopic (exact) mass is 377 g/mol. The Labute approximate surface area is 151 Å². The maximum absolute atomic E-state index is 12.7. The second-order valence-electron chi connectivity index (χ2n) is 5.45. The predicted octanol–water partition coefficient (Wildman–Crippen LogP) is 5.00. The van der Waals surface area contributed by atoms with E-state index >= 15 is 0 Å². The van der Waals surface area contributed by atoms with E-state index in [1.807, 2.05) is 13.0 Å². The first-order valence-electron chi connectivity index (χ1n) is 7.60. The van der Waals surface area contributed by atoms with Gasteiger partial charge in [-0.3, -0.25) is 4.57 Å². The summed E-state index contributed by atoms with van der Waals surface area (Å²) in [6.45, 7) is 1.83. The van der Waals surface area contributed by atoms with Gasteiger partial charge in [-0.25, -0.2) is 4.79 Å². The van der Waals surface area contributed by atoms with Gasteiger partial charge >= 0.3 is 12.2 Å². The molecule has 0 saturated heterocycles. The van der Waals surface area contributed by atoms with E-state index in [2.05, 4.69) is 10.3 Å². The summed E-state index contributed by atoms with van der Waals surface area (Å²) < 4.78 is 39.7. The minimum absolute atomic E-state index is 0.371. The minimum atomic E-state index is -4.39. The molecule has 8 heteroatoms. The number of hydrogen-bond acceptors (Lipinski definition) is 2. The van der Waals surface area contributed by atoms with Crippen molar-refractivity contribution in [2.75, 3.05) is 5.32 Å². The highest BCUT2D eigenvalue weighted by Crippen LogP contribution is 2.29. The van der Waals surface area contributed by atoms with Crippen molar-refractivity contribution < 1.29 is 18.0 Å². The maximum Gasteiger partial charge on any atom is 0.416 e. The lowest BCUT2D eigenvalue weighted by atomic mass is 10.2. The molecular formula is C18H14F3N3OS. The van der Waals surface area contributed by atoms with Gasteiger partial charge in [0.2, 0.25) is 0 Å². The molecule has 0 aliphatic heterocycles. The third kappa shape index (κ3) is 4.20. The summed E-state index contributed by atoms with van der Waals surface area (Å²) in [5.41, 5.74) is 0.373. The van der Waals surface area contributed by atoms with Gasteiger partial charge in [-0.15, -0.1) is 11.3 Å². The van der Waals surface area contributed by atoms with Crippen LogP contribution in [0.4, 0.5) is 23.7 Å². The molecule has 3 rings (SSSR count). The zero-order valence-corrected chi connectivity index (χ0v) is 14.4. The molecule has 0 unspecified atom stereocenters. The Balaban J connectivity index is 1.92. The topological polar surface area (TPSA) is 46.4 Å². The standard InChI is InChI=1S/C18H14F3N3OS/c1-12-11-24(15-9-7-13(8-10-15)18(19,20)21)17(26-12)23-16(25)22-14-5-3-2-4-6-14/h2-11H,1H3,(H,22,25)/b23-17-. The summed E-state index contributed by atoms with van der Waals surface area (Å²) in [5.74, 6) is 0. The molecular weight excluding hydrogens is 363 g/mol.